The molecule has 2 rings (SSSR count). The van der Waals surface area contributed by atoms with Gasteiger partial charge in [0.25, 0.3) is 5.91 Å². The van der Waals surface area contributed by atoms with Gasteiger partial charge >= 0.3 is 12.3 Å². The third kappa shape index (κ3) is 5.08. The Labute approximate surface area is 131 Å². The Morgan fingerprint density at radius 2 is 1.96 bits per heavy atom. The van der Waals surface area contributed by atoms with Crippen LogP contribution in [0.5, 0.6) is 11.5 Å². The molecule has 1 N–H and O–H groups in total. The summed E-state index contributed by atoms with van der Waals surface area (Å²) >= 11 is 0. The van der Waals surface area contributed by atoms with Crippen LogP contribution in [0.25, 0.3) is 0 Å². The van der Waals surface area contributed by atoms with Crippen LogP contribution in [-0.2, 0) is 14.3 Å². The highest BCUT2D eigenvalue weighted by atomic mass is 19.3. The van der Waals surface area contributed by atoms with Gasteiger partial charge in [0.15, 0.2) is 18.1 Å². The summed E-state index contributed by atoms with van der Waals surface area (Å²) < 4.78 is 39.1. The van der Waals surface area contributed by atoms with Crippen molar-refractivity contribution in [2.24, 2.45) is 5.92 Å². The fraction of sp³-hybridized carbons (Fsp3) is 0.467. The van der Waals surface area contributed by atoms with Crippen LogP contribution >= 0.6 is 0 Å². The van der Waals surface area contributed by atoms with Gasteiger partial charge < -0.3 is 19.5 Å². The Morgan fingerprint density at radius 3 is 2.65 bits per heavy atom. The van der Waals surface area contributed by atoms with Gasteiger partial charge in [-0.25, -0.2) is 0 Å². The quantitative estimate of drug-likeness (QED) is 0.812. The minimum absolute atomic E-state index is 0.117. The first kappa shape index (κ1) is 17.0. The van der Waals surface area contributed by atoms with E-state index < -0.39 is 24.8 Å². The second-order valence-electron chi connectivity index (χ2n) is 5.47. The van der Waals surface area contributed by atoms with Crippen molar-refractivity contribution < 1.29 is 32.6 Å². The number of alkyl halides is 2. The zero-order chi connectivity index (χ0) is 17.0. The van der Waals surface area contributed by atoms with Crippen LogP contribution in [0, 0.1) is 5.92 Å². The maximum atomic E-state index is 12.9. The molecule has 1 amide bonds. The highest BCUT2D eigenvalue weighted by molar-refractivity contribution is 5.93. The number of halogens is 2. The summed E-state index contributed by atoms with van der Waals surface area (Å²) in [6, 6.07) is 3.83. The van der Waals surface area contributed by atoms with Gasteiger partial charge in [0.2, 0.25) is 0 Å². The molecule has 0 unspecified atom stereocenters. The SMILES string of the molecule is CC(C)CCC(=O)OCC(=O)Nc1ccc2c(c1)OC(F)(F)O2. The van der Waals surface area contributed by atoms with Crippen molar-refractivity contribution in [1.29, 1.82) is 0 Å². The van der Waals surface area contributed by atoms with Crippen LogP contribution in [0.2, 0.25) is 0 Å². The molecule has 23 heavy (non-hydrogen) atoms. The minimum atomic E-state index is -3.71. The zero-order valence-corrected chi connectivity index (χ0v) is 12.7. The van der Waals surface area contributed by atoms with Gasteiger partial charge in [-0.15, -0.1) is 8.78 Å². The molecule has 0 aliphatic carbocycles. The average Bonchev–Trinajstić information content (AvgIpc) is 2.76. The molecule has 1 aliphatic rings. The number of anilines is 1. The van der Waals surface area contributed by atoms with E-state index in [2.05, 4.69) is 14.8 Å². The Balaban J connectivity index is 1.81. The molecule has 0 saturated heterocycles. The van der Waals surface area contributed by atoms with Crippen molar-refractivity contribution >= 4 is 17.6 Å². The van der Waals surface area contributed by atoms with Crippen molar-refractivity contribution in [2.45, 2.75) is 33.0 Å². The van der Waals surface area contributed by atoms with Gasteiger partial charge in [0.05, 0.1) is 0 Å². The summed E-state index contributed by atoms with van der Waals surface area (Å²) in [5.74, 6) is -0.967. The van der Waals surface area contributed by atoms with E-state index in [4.69, 9.17) is 4.74 Å². The van der Waals surface area contributed by atoms with Crippen molar-refractivity contribution in [3.05, 3.63) is 18.2 Å². The van der Waals surface area contributed by atoms with Gasteiger partial charge in [0.1, 0.15) is 0 Å². The Morgan fingerprint density at radius 1 is 1.26 bits per heavy atom. The third-order valence-electron chi connectivity index (χ3n) is 2.98. The average molecular weight is 329 g/mol. The summed E-state index contributed by atoms with van der Waals surface area (Å²) in [5.41, 5.74) is 0.230. The van der Waals surface area contributed by atoms with E-state index in [1.807, 2.05) is 13.8 Å². The molecule has 6 nitrogen and oxygen atoms in total. The van der Waals surface area contributed by atoms with Crippen molar-refractivity contribution in [2.75, 3.05) is 11.9 Å². The molecule has 0 fully saturated rings. The van der Waals surface area contributed by atoms with E-state index in [0.29, 0.717) is 12.3 Å². The predicted molar refractivity (Wildman–Crippen MR) is 76.3 cm³/mol. The lowest BCUT2D eigenvalue weighted by atomic mass is 10.1. The first-order chi connectivity index (χ1) is 10.7. The molecule has 0 radical (unpaired) electrons. The highest BCUT2D eigenvalue weighted by Gasteiger charge is 2.43. The molecule has 0 spiro atoms. The van der Waals surface area contributed by atoms with E-state index in [1.54, 1.807) is 0 Å². The van der Waals surface area contributed by atoms with E-state index in [0.717, 1.165) is 0 Å². The van der Waals surface area contributed by atoms with Gasteiger partial charge in [-0.1, -0.05) is 13.8 Å². The van der Waals surface area contributed by atoms with E-state index >= 15 is 0 Å². The van der Waals surface area contributed by atoms with Crippen molar-refractivity contribution in [3.8, 4) is 11.5 Å². The Kier molecular flexibility index (Phi) is 5.02. The van der Waals surface area contributed by atoms with Gasteiger partial charge in [-0.2, -0.15) is 0 Å². The number of nitrogens with one attached hydrogen (secondary N) is 1. The zero-order valence-electron chi connectivity index (χ0n) is 12.7. The summed E-state index contributed by atoms with van der Waals surface area (Å²) in [6.45, 7) is 3.51. The van der Waals surface area contributed by atoms with Crippen LogP contribution in [0.3, 0.4) is 0 Å². The number of amides is 1. The smallest absolute Gasteiger partial charge is 0.456 e. The molecule has 1 aromatic rings. The first-order valence-electron chi connectivity index (χ1n) is 7.10. The number of rotatable bonds is 6. The number of fused-ring (bicyclic) bond motifs is 1. The standard InChI is InChI=1S/C15H17F2NO5/c1-9(2)3-6-14(20)21-8-13(19)18-10-4-5-11-12(7-10)23-15(16,17)22-11/h4-5,7,9H,3,6,8H2,1-2H3,(H,18,19). The second-order valence-corrected chi connectivity index (χ2v) is 5.47. The molecule has 0 atom stereocenters. The second kappa shape index (κ2) is 6.80. The van der Waals surface area contributed by atoms with Crippen LogP contribution < -0.4 is 14.8 Å². The maximum absolute atomic E-state index is 12.9. The lowest BCUT2D eigenvalue weighted by Gasteiger charge is -2.08. The number of carbonyl (C=O) groups is 2. The van der Waals surface area contributed by atoms with E-state index in [1.165, 1.54) is 18.2 Å². The fourth-order valence-corrected chi connectivity index (χ4v) is 1.85. The molecule has 126 valence electrons. The molecule has 0 saturated carbocycles. The number of hydrogen-bond acceptors (Lipinski definition) is 5. The summed E-state index contributed by atoms with van der Waals surface area (Å²) in [6.07, 6.45) is -2.79. The number of hydrogen-bond donors (Lipinski definition) is 1. The van der Waals surface area contributed by atoms with Crippen LogP contribution in [0.4, 0.5) is 14.5 Å². The monoisotopic (exact) mass is 329 g/mol. The molecule has 1 aliphatic heterocycles. The van der Waals surface area contributed by atoms with Gasteiger partial charge in [-0.05, 0) is 24.5 Å². The number of ether oxygens (including phenoxy) is 3. The molecule has 0 aromatic heterocycles. The molecule has 1 aromatic carbocycles. The van der Waals surface area contributed by atoms with Gasteiger partial charge in [0, 0.05) is 18.2 Å². The number of esters is 1. The Bertz CT molecular complexity index is 604. The van der Waals surface area contributed by atoms with Crippen LogP contribution in [0.1, 0.15) is 26.7 Å². The summed E-state index contributed by atoms with van der Waals surface area (Å²) in [7, 11) is 0. The highest BCUT2D eigenvalue weighted by Crippen LogP contribution is 2.42. The molecule has 8 heteroatoms. The first-order valence-corrected chi connectivity index (χ1v) is 7.10. The lowest BCUT2D eigenvalue weighted by Crippen LogP contribution is -2.25. The maximum Gasteiger partial charge on any atom is 0.586 e. The molecular weight excluding hydrogens is 312 g/mol. The molecule has 0 bridgehead atoms. The van der Waals surface area contributed by atoms with Crippen molar-refractivity contribution in [1.82, 2.24) is 0 Å². The predicted octanol–water partition coefficient (Wildman–Crippen LogP) is 2.93. The normalized spacial score (nSPS) is 14.7. The third-order valence-corrected chi connectivity index (χ3v) is 2.98. The lowest BCUT2D eigenvalue weighted by molar-refractivity contribution is -0.286. The summed E-state index contributed by atoms with van der Waals surface area (Å²) in [5, 5.41) is 2.42. The van der Waals surface area contributed by atoms with Gasteiger partial charge in [-0.3, -0.25) is 9.59 Å². The van der Waals surface area contributed by atoms with Crippen LogP contribution in [-0.4, -0.2) is 24.8 Å². The van der Waals surface area contributed by atoms with E-state index in [9.17, 15) is 18.4 Å². The topological polar surface area (TPSA) is 73.9 Å². The van der Waals surface area contributed by atoms with Crippen LogP contribution in [0.15, 0.2) is 18.2 Å². The molecule has 1 heterocycles. The minimum Gasteiger partial charge on any atom is -0.456 e. The van der Waals surface area contributed by atoms with Crippen molar-refractivity contribution in [3.63, 3.8) is 0 Å². The number of benzene rings is 1. The fourth-order valence-electron chi connectivity index (χ4n) is 1.85. The largest absolute Gasteiger partial charge is 0.586 e. The molecular formula is C15H17F2NO5. The van der Waals surface area contributed by atoms with E-state index in [-0.39, 0.29) is 23.6 Å². The Hall–Kier alpha value is -2.38. The summed E-state index contributed by atoms with van der Waals surface area (Å²) in [4.78, 5) is 23.1. The number of carbonyl (C=O) groups excluding carboxylic acids is 2.